The van der Waals surface area contributed by atoms with Crippen LogP contribution in [0, 0.1) is 15.9 Å². The summed E-state index contributed by atoms with van der Waals surface area (Å²) >= 11 is 0. The Labute approximate surface area is 147 Å². The van der Waals surface area contributed by atoms with Crippen LogP contribution in [0.5, 0.6) is 0 Å². The summed E-state index contributed by atoms with van der Waals surface area (Å²) in [5, 5.41) is 16.7. The first-order valence-corrected chi connectivity index (χ1v) is 7.56. The molecule has 0 fully saturated rings. The van der Waals surface area contributed by atoms with Crippen molar-refractivity contribution in [3.63, 3.8) is 0 Å². The zero-order valence-corrected chi connectivity index (χ0v) is 13.5. The smallest absolute Gasteiger partial charge is 0.269 e. The van der Waals surface area contributed by atoms with Gasteiger partial charge in [-0.1, -0.05) is 12.1 Å². The van der Waals surface area contributed by atoms with Crippen LogP contribution in [0.3, 0.4) is 0 Å². The van der Waals surface area contributed by atoms with Crippen molar-refractivity contribution >= 4 is 23.7 Å². The van der Waals surface area contributed by atoms with Gasteiger partial charge in [-0.05, 0) is 29.8 Å². The monoisotopic (exact) mass is 358 g/mol. The summed E-state index contributed by atoms with van der Waals surface area (Å²) in [5.41, 5.74) is 2.70. The second-order valence-corrected chi connectivity index (χ2v) is 5.13. The first-order chi connectivity index (χ1) is 12.5. The van der Waals surface area contributed by atoms with Crippen molar-refractivity contribution in [1.82, 2.24) is 10.7 Å². The van der Waals surface area contributed by atoms with Crippen LogP contribution in [0.15, 0.2) is 53.6 Å². The second-order valence-electron chi connectivity index (χ2n) is 5.13. The van der Waals surface area contributed by atoms with Crippen LogP contribution >= 0.6 is 0 Å². The lowest BCUT2D eigenvalue weighted by atomic mass is 10.2. The number of nitro groups is 1. The minimum absolute atomic E-state index is 0.0199. The van der Waals surface area contributed by atoms with Gasteiger partial charge in [0.05, 0.1) is 16.7 Å². The zero-order chi connectivity index (χ0) is 18.9. The molecule has 0 aliphatic carbocycles. The van der Waals surface area contributed by atoms with Crippen LogP contribution in [0.25, 0.3) is 0 Å². The number of hydrogen-bond acceptors (Lipinski definition) is 5. The predicted molar refractivity (Wildman–Crippen MR) is 92.2 cm³/mol. The maximum absolute atomic E-state index is 13.4. The third kappa shape index (κ3) is 5.48. The van der Waals surface area contributed by atoms with Gasteiger partial charge in [0.15, 0.2) is 0 Å². The van der Waals surface area contributed by atoms with E-state index in [9.17, 15) is 24.1 Å². The number of hydrogen-bond donors (Lipinski definition) is 2. The molecule has 0 heterocycles. The summed E-state index contributed by atoms with van der Waals surface area (Å²) in [6.07, 6.45) is 1.29. The Morgan fingerprint density at radius 2 is 1.85 bits per heavy atom. The summed E-state index contributed by atoms with van der Waals surface area (Å²) in [7, 11) is 0. The van der Waals surface area contributed by atoms with Gasteiger partial charge < -0.3 is 5.32 Å². The highest BCUT2D eigenvalue weighted by Crippen LogP contribution is 2.10. The van der Waals surface area contributed by atoms with Gasteiger partial charge in [0.25, 0.3) is 11.6 Å². The number of benzene rings is 2. The number of hydrazone groups is 1. The highest BCUT2D eigenvalue weighted by molar-refractivity contribution is 5.94. The predicted octanol–water partition coefficient (Wildman–Crippen LogP) is 2.00. The van der Waals surface area contributed by atoms with E-state index < -0.39 is 22.6 Å². The van der Waals surface area contributed by atoms with Gasteiger partial charge in [0.2, 0.25) is 5.91 Å². The van der Waals surface area contributed by atoms with E-state index in [1.54, 1.807) is 0 Å². The molecule has 0 radical (unpaired) electrons. The van der Waals surface area contributed by atoms with Crippen molar-refractivity contribution in [2.45, 2.75) is 6.42 Å². The minimum atomic E-state index is -0.637. The molecule has 2 rings (SSSR count). The van der Waals surface area contributed by atoms with Crippen molar-refractivity contribution in [1.29, 1.82) is 0 Å². The highest BCUT2D eigenvalue weighted by Gasteiger charge is 2.10. The Morgan fingerprint density at radius 3 is 2.50 bits per heavy atom. The van der Waals surface area contributed by atoms with Gasteiger partial charge in [0.1, 0.15) is 5.82 Å². The molecule has 2 aromatic carbocycles. The minimum Gasteiger partial charge on any atom is -0.351 e. The third-order valence-corrected chi connectivity index (χ3v) is 3.26. The van der Waals surface area contributed by atoms with E-state index in [1.807, 2.05) is 0 Å². The van der Waals surface area contributed by atoms with E-state index in [-0.39, 0.29) is 24.2 Å². The van der Waals surface area contributed by atoms with Gasteiger partial charge >= 0.3 is 0 Å². The van der Waals surface area contributed by atoms with E-state index in [2.05, 4.69) is 15.8 Å². The van der Waals surface area contributed by atoms with Crippen LogP contribution < -0.4 is 10.7 Å². The molecule has 2 amide bonds. The number of carbonyl (C=O) groups is 2. The maximum atomic E-state index is 13.4. The first kappa shape index (κ1) is 18.7. The molecule has 0 bridgehead atoms. The SMILES string of the molecule is O=C(CCNC(=O)c1ccccc1F)NN=Cc1ccc([N+](=O)[O-])cc1. The van der Waals surface area contributed by atoms with Crippen molar-refractivity contribution < 1.29 is 18.9 Å². The van der Waals surface area contributed by atoms with Crippen molar-refractivity contribution in [2.24, 2.45) is 5.10 Å². The highest BCUT2D eigenvalue weighted by atomic mass is 19.1. The molecule has 0 unspecified atom stereocenters. The molecule has 0 atom stereocenters. The van der Waals surface area contributed by atoms with Gasteiger partial charge in [-0.2, -0.15) is 5.10 Å². The summed E-state index contributed by atoms with van der Waals surface area (Å²) in [4.78, 5) is 33.4. The fourth-order valence-electron chi connectivity index (χ4n) is 1.95. The van der Waals surface area contributed by atoms with Crippen molar-refractivity contribution in [2.75, 3.05) is 6.54 Å². The van der Waals surface area contributed by atoms with Crippen LogP contribution in [-0.2, 0) is 4.79 Å². The number of rotatable bonds is 7. The molecule has 134 valence electrons. The number of nitro benzene ring substituents is 1. The molecule has 26 heavy (non-hydrogen) atoms. The fourth-order valence-corrected chi connectivity index (χ4v) is 1.95. The number of non-ortho nitro benzene ring substituents is 1. The van der Waals surface area contributed by atoms with Crippen molar-refractivity contribution in [3.05, 3.63) is 75.6 Å². The van der Waals surface area contributed by atoms with E-state index in [4.69, 9.17) is 0 Å². The van der Waals surface area contributed by atoms with Gasteiger partial charge in [-0.15, -0.1) is 0 Å². The Hall–Kier alpha value is -3.62. The van der Waals surface area contributed by atoms with Crippen LogP contribution in [0.4, 0.5) is 10.1 Å². The summed E-state index contributed by atoms with van der Waals surface area (Å²) in [6, 6.07) is 11.2. The van der Waals surface area contributed by atoms with Gasteiger partial charge in [0, 0.05) is 25.1 Å². The summed E-state index contributed by atoms with van der Waals surface area (Å²) in [5.74, 6) is -1.69. The van der Waals surface area contributed by atoms with E-state index in [0.717, 1.165) is 0 Å². The van der Waals surface area contributed by atoms with E-state index >= 15 is 0 Å². The molecule has 0 spiro atoms. The molecule has 0 aliphatic rings. The average Bonchev–Trinajstić information content (AvgIpc) is 2.62. The number of halogens is 1. The third-order valence-electron chi connectivity index (χ3n) is 3.26. The number of carbonyl (C=O) groups excluding carboxylic acids is 2. The lowest BCUT2D eigenvalue weighted by Crippen LogP contribution is -2.29. The standard InChI is InChI=1S/C17H15FN4O4/c18-15-4-2-1-3-14(15)17(24)19-10-9-16(23)21-20-11-12-5-7-13(8-6-12)22(25)26/h1-8,11H,9-10H2,(H,19,24)(H,21,23). The topological polar surface area (TPSA) is 114 Å². The second kappa shape index (κ2) is 9.02. The van der Waals surface area contributed by atoms with E-state index in [1.165, 1.54) is 54.7 Å². The Balaban J connectivity index is 1.74. The van der Waals surface area contributed by atoms with Crippen LogP contribution in [0.1, 0.15) is 22.3 Å². The Morgan fingerprint density at radius 1 is 1.15 bits per heavy atom. The molecule has 0 saturated heterocycles. The molecule has 0 aliphatic heterocycles. The van der Waals surface area contributed by atoms with Crippen molar-refractivity contribution in [3.8, 4) is 0 Å². The molecule has 0 saturated carbocycles. The zero-order valence-electron chi connectivity index (χ0n) is 13.5. The molecule has 8 nitrogen and oxygen atoms in total. The van der Waals surface area contributed by atoms with Crippen LogP contribution in [-0.4, -0.2) is 29.5 Å². The lowest BCUT2D eigenvalue weighted by Gasteiger charge is -2.05. The quantitative estimate of drug-likeness (QED) is 0.448. The number of nitrogens with zero attached hydrogens (tertiary/aromatic N) is 2. The first-order valence-electron chi connectivity index (χ1n) is 7.56. The van der Waals surface area contributed by atoms with Crippen LogP contribution in [0.2, 0.25) is 0 Å². The van der Waals surface area contributed by atoms with E-state index in [0.29, 0.717) is 5.56 Å². The summed E-state index contributed by atoms with van der Waals surface area (Å²) in [6.45, 7) is 0.0199. The van der Waals surface area contributed by atoms with Gasteiger partial charge in [-0.25, -0.2) is 9.82 Å². The molecule has 2 aromatic rings. The fraction of sp³-hybridized carbons (Fsp3) is 0.118. The average molecular weight is 358 g/mol. The Kier molecular flexibility index (Phi) is 6.49. The molecular formula is C17H15FN4O4. The number of amides is 2. The molecule has 9 heteroatoms. The lowest BCUT2D eigenvalue weighted by molar-refractivity contribution is -0.384. The number of nitrogens with one attached hydrogen (secondary N) is 2. The summed E-state index contributed by atoms with van der Waals surface area (Å²) < 4.78 is 13.4. The Bertz CT molecular complexity index is 837. The maximum Gasteiger partial charge on any atom is 0.269 e. The largest absolute Gasteiger partial charge is 0.351 e. The normalized spacial score (nSPS) is 10.5. The molecule has 0 aromatic heterocycles. The van der Waals surface area contributed by atoms with Gasteiger partial charge in [-0.3, -0.25) is 19.7 Å². The molecular weight excluding hydrogens is 343 g/mol. The molecule has 2 N–H and O–H groups in total.